The zero-order valence-electron chi connectivity index (χ0n) is 12.7. The number of ether oxygens (including phenoxy) is 1. The smallest absolute Gasteiger partial charge is 0.325 e. The lowest BCUT2D eigenvalue weighted by molar-refractivity contribution is -0.141. The second-order valence-electron chi connectivity index (χ2n) is 5.02. The highest BCUT2D eigenvalue weighted by Gasteiger charge is 2.31. The molecule has 1 aromatic rings. The monoisotopic (exact) mass is 323 g/mol. The third-order valence-electron chi connectivity index (χ3n) is 3.28. The van der Waals surface area contributed by atoms with Crippen molar-refractivity contribution < 1.29 is 23.5 Å². The average molecular weight is 323 g/mol. The molecular weight excluding hydrogens is 305 g/mol. The fourth-order valence-electron chi connectivity index (χ4n) is 2.30. The zero-order chi connectivity index (χ0) is 16.8. The SMILES string of the molecule is CCOC(=O)CNC(=O)N[C@H]1CC(=O)N(c2cccc(F)c2)C1. The molecular formula is C15H18FN3O4. The Morgan fingerprint density at radius 1 is 1.43 bits per heavy atom. The van der Waals surface area contributed by atoms with E-state index in [0.29, 0.717) is 5.69 Å². The van der Waals surface area contributed by atoms with Crippen molar-refractivity contribution in [3.05, 3.63) is 30.1 Å². The number of nitrogens with zero attached hydrogens (tertiary/aromatic N) is 1. The minimum absolute atomic E-state index is 0.114. The van der Waals surface area contributed by atoms with E-state index in [9.17, 15) is 18.8 Å². The lowest BCUT2D eigenvalue weighted by Crippen LogP contribution is -2.45. The van der Waals surface area contributed by atoms with Crippen LogP contribution in [-0.2, 0) is 14.3 Å². The van der Waals surface area contributed by atoms with Crippen molar-refractivity contribution in [2.24, 2.45) is 0 Å². The Balaban J connectivity index is 1.85. The Morgan fingerprint density at radius 2 is 2.22 bits per heavy atom. The Kier molecular flexibility index (Phi) is 5.51. The maximum atomic E-state index is 13.2. The zero-order valence-corrected chi connectivity index (χ0v) is 12.7. The summed E-state index contributed by atoms with van der Waals surface area (Å²) in [7, 11) is 0. The predicted octanol–water partition coefficient (Wildman–Crippen LogP) is 0.793. The van der Waals surface area contributed by atoms with Crippen LogP contribution >= 0.6 is 0 Å². The van der Waals surface area contributed by atoms with Gasteiger partial charge in [-0.1, -0.05) is 6.07 Å². The van der Waals surface area contributed by atoms with Gasteiger partial charge in [0.15, 0.2) is 0 Å². The summed E-state index contributed by atoms with van der Waals surface area (Å²) in [5, 5.41) is 4.97. The number of anilines is 1. The van der Waals surface area contributed by atoms with Crippen LogP contribution in [0, 0.1) is 5.82 Å². The van der Waals surface area contributed by atoms with E-state index in [0.717, 1.165) is 0 Å². The van der Waals surface area contributed by atoms with Gasteiger partial charge in [-0.25, -0.2) is 9.18 Å². The molecule has 1 aliphatic heterocycles. The molecule has 124 valence electrons. The van der Waals surface area contributed by atoms with Gasteiger partial charge in [-0.3, -0.25) is 9.59 Å². The summed E-state index contributed by atoms with van der Waals surface area (Å²) in [4.78, 5) is 36.2. The third kappa shape index (κ3) is 4.67. The highest BCUT2D eigenvalue weighted by Crippen LogP contribution is 2.22. The second-order valence-corrected chi connectivity index (χ2v) is 5.02. The summed E-state index contributed by atoms with van der Waals surface area (Å²) in [6.07, 6.45) is 0.114. The first-order valence-electron chi connectivity index (χ1n) is 7.25. The van der Waals surface area contributed by atoms with Crippen LogP contribution in [0.5, 0.6) is 0 Å². The Bertz CT molecular complexity index is 608. The molecule has 1 fully saturated rings. The van der Waals surface area contributed by atoms with Gasteiger partial charge in [0.25, 0.3) is 0 Å². The molecule has 3 amide bonds. The van der Waals surface area contributed by atoms with Crippen molar-refractivity contribution >= 4 is 23.6 Å². The van der Waals surface area contributed by atoms with Crippen LogP contribution in [0.25, 0.3) is 0 Å². The van der Waals surface area contributed by atoms with E-state index >= 15 is 0 Å². The number of carbonyl (C=O) groups is 3. The maximum Gasteiger partial charge on any atom is 0.325 e. The lowest BCUT2D eigenvalue weighted by Gasteiger charge is -2.17. The molecule has 1 heterocycles. The summed E-state index contributed by atoms with van der Waals surface area (Å²) in [5.41, 5.74) is 0.450. The molecule has 1 saturated heterocycles. The summed E-state index contributed by atoms with van der Waals surface area (Å²) in [5.74, 6) is -1.17. The first-order valence-corrected chi connectivity index (χ1v) is 7.25. The second kappa shape index (κ2) is 7.57. The molecule has 1 aromatic carbocycles. The molecule has 0 radical (unpaired) electrons. The standard InChI is InChI=1S/C15H18FN3O4/c1-2-23-14(21)8-17-15(22)18-11-7-13(20)19(9-11)12-5-3-4-10(16)6-12/h3-6,11H,2,7-9H2,1H3,(H2,17,18,22)/t11-/m0/s1. The van der Waals surface area contributed by atoms with E-state index < -0.39 is 23.9 Å². The minimum Gasteiger partial charge on any atom is -0.465 e. The number of benzene rings is 1. The topological polar surface area (TPSA) is 87.7 Å². The van der Waals surface area contributed by atoms with Gasteiger partial charge in [-0.05, 0) is 25.1 Å². The Hall–Kier alpha value is -2.64. The first kappa shape index (κ1) is 16.7. The van der Waals surface area contributed by atoms with Crippen LogP contribution in [0.1, 0.15) is 13.3 Å². The summed E-state index contributed by atoms with van der Waals surface area (Å²) in [6.45, 7) is 1.91. The summed E-state index contributed by atoms with van der Waals surface area (Å²) >= 11 is 0. The molecule has 2 rings (SSSR count). The van der Waals surface area contributed by atoms with Gasteiger partial charge in [-0.2, -0.15) is 0 Å². The average Bonchev–Trinajstić information content (AvgIpc) is 2.86. The fraction of sp³-hybridized carbons (Fsp3) is 0.400. The fourth-order valence-corrected chi connectivity index (χ4v) is 2.30. The third-order valence-corrected chi connectivity index (χ3v) is 3.28. The Labute approximate surface area is 132 Å². The van der Waals surface area contributed by atoms with Gasteiger partial charge in [0.2, 0.25) is 5.91 Å². The van der Waals surface area contributed by atoms with Gasteiger partial charge in [0, 0.05) is 18.7 Å². The van der Waals surface area contributed by atoms with Gasteiger partial charge in [-0.15, -0.1) is 0 Å². The van der Waals surface area contributed by atoms with E-state index in [1.807, 2.05) is 0 Å². The van der Waals surface area contributed by atoms with Crippen LogP contribution in [0.3, 0.4) is 0 Å². The quantitative estimate of drug-likeness (QED) is 0.784. The van der Waals surface area contributed by atoms with E-state index in [2.05, 4.69) is 15.4 Å². The highest BCUT2D eigenvalue weighted by atomic mass is 19.1. The molecule has 0 spiro atoms. The number of halogens is 1. The molecule has 1 aliphatic rings. The van der Waals surface area contributed by atoms with Crippen LogP contribution in [-0.4, -0.2) is 43.6 Å². The number of urea groups is 1. The highest BCUT2D eigenvalue weighted by molar-refractivity contribution is 5.96. The van der Waals surface area contributed by atoms with Gasteiger partial charge in [0.1, 0.15) is 12.4 Å². The lowest BCUT2D eigenvalue weighted by atomic mass is 10.2. The molecule has 0 aromatic heterocycles. The van der Waals surface area contributed by atoms with Crippen molar-refractivity contribution in [3.8, 4) is 0 Å². The number of nitrogens with one attached hydrogen (secondary N) is 2. The van der Waals surface area contributed by atoms with Crippen molar-refractivity contribution in [2.75, 3.05) is 24.6 Å². The van der Waals surface area contributed by atoms with Gasteiger partial charge < -0.3 is 20.3 Å². The van der Waals surface area contributed by atoms with E-state index in [4.69, 9.17) is 0 Å². The maximum absolute atomic E-state index is 13.2. The minimum atomic E-state index is -0.558. The molecule has 2 N–H and O–H groups in total. The van der Waals surface area contributed by atoms with Gasteiger partial charge >= 0.3 is 12.0 Å². The van der Waals surface area contributed by atoms with Crippen molar-refractivity contribution in [3.63, 3.8) is 0 Å². The van der Waals surface area contributed by atoms with Crippen molar-refractivity contribution in [1.82, 2.24) is 10.6 Å². The molecule has 1 atom stereocenters. The number of rotatable bonds is 5. The normalized spacial score (nSPS) is 17.0. The van der Waals surface area contributed by atoms with Gasteiger partial charge in [0.05, 0.1) is 12.6 Å². The van der Waals surface area contributed by atoms with E-state index in [-0.39, 0.29) is 32.0 Å². The largest absolute Gasteiger partial charge is 0.465 e. The van der Waals surface area contributed by atoms with Crippen LogP contribution in [0.15, 0.2) is 24.3 Å². The predicted molar refractivity (Wildman–Crippen MR) is 80.3 cm³/mol. The van der Waals surface area contributed by atoms with Crippen molar-refractivity contribution in [1.29, 1.82) is 0 Å². The molecule has 0 unspecified atom stereocenters. The van der Waals surface area contributed by atoms with Crippen LogP contribution < -0.4 is 15.5 Å². The molecule has 8 heteroatoms. The molecule has 23 heavy (non-hydrogen) atoms. The van der Waals surface area contributed by atoms with Crippen molar-refractivity contribution in [2.45, 2.75) is 19.4 Å². The summed E-state index contributed by atoms with van der Waals surface area (Å²) in [6, 6.07) is 4.74. The Morgan fingerprint density at radius 3 is 2.91 bits per heavy atom. The van der Waals surface area contributed by atoms with E-state index in [1.54, 1.807) is 13.0 Å². The molecule has 0 aliphatic carbocycles. The first-order chi connectivity index (χ1) is 11.0. The number of amides is 3. The molecule has 0 bridgehead atoms. The summed E-state index contributed by atoms with van der Waals surface area (Å²) < 4.78 is 17.9. The number of hydrogen-bond acceptors (Lipinski definition) is 4. The van der Waals surface area contributed by atoms with E-state index in [1.165, 1.54) is 23.1 Å². The van der Waals surface area contributed by atoms with Crippen LogP contribution in [0.2, 0.25) is 0 Å². The number of esters is 1. The molecule has 7 nitrogen and oxygen atoms in total. The van der Waals surface area contributed by atoms with Crippen LogP contribution in [0.4, 0.5) is 14.9 Å². The number of carbonyl (C=O) groups excluding carboxylic acids is 3. The number of hydrogen-bond donors (Lipinski definition) is 2. The molecule has 0 saturated carbocycles.